The van der Waals surface area contributed by atoms with E-state index in [0.29, 0.717) is 45.0 Å². The maximum atomic E-state index is 14.0. The van der Waals surface area contributed by atoms with Gasteiger partial charge < -0.3 is 14.2 Å². The zero-order valence-corrected chi connectivity index (χ0v) is 23.5. The van der Waals surface area contributed by atoms with E-state index in [1.165, 1.54) is 19.4 Å². The molecule has 0 saturated carbocycles. The molecule has 38 heavy (non-hydrogen) atoms. The van der Waals surface area contributed by atoms with Crippen LogP contribution in [0.5, 0.6) is 17.2 Å². The summed E-state index contributed by atoms with van der Waals surface area (Å²) in [6.07, 6.45) is 1.46. The van der Waals surface area contributed by atoms with Gasteiger partial charge in [0.05, 0.1) is 17.8 Å². The summed E-state index contributed by atoms with van der Waals surface area (Å²) in [6, 6.07) is 24.6. The molecule has 1 amide bonds. The average molecular weight is 642 g/mol. The lowest BCUT2D eigenvalue weighted by Crippen LogP contribution is -2.17. The van der Waals surface area contributed by atoms with Gasteiger partial charge in [-0.15, -0.1) is 0 Å². The highest BCUT2D eigenvalue weighted by molar-refractivity contribution is 9.11. The maximum absolute atomic E-state index is 14.0. The van der Waals surface area contributed by atoms with Crippen molar-refractivity contribution in [1.29, 1.82) is 0 Å². The largest absolute Gasteiger partial charge is 0.493 e. The number of nitrogens with one attached hydrogen (secondary N) is 1. The van der Waals surface area contributed by atoms with E-state index in [9.17, 15) is 9.18 Å². The van der Waals surface area contributed by atoms with E-state index in [4.69, 9.17) is 14.2 Å². The topological polar surface area (TPSA) is 69.2 Å². The van der Waals surface area contributed by atoms with Crippen LogP contribution in [-0.4, -0.2) is 19.2 Å². The van der Waals surface area contributed by atoms with Gasteiger partial charge >= 0.3 is 0 Å². The highest BCUT2D eigenvalue weighted by Gasteiger charge is 2.13. The molecule has 6 nitrogen and oxygen atoms in total. The Morgan fingerprint density at radius 2 is 1.68 bits per heavy atom. The second kappa shape index (κ2) is 13.2. The number of benzene rings is 4. The van der Waals surface area contributed by atoms with Gasteiger partial charge in [-0.05, 0) is 57.9 Å². The molecule has 0 aliphatic heterocycles. The van der Waals surface area contributed by atoms with Crippen LogP contribution in [0.3, 0.4) is 0 Å². The first-order valence-electron chi connectivity index (χ1n) is 11.5. The third kappa shape index (κ3) is 7.20. The number of carbonyl (C=O) groups is 1. The van der Waals surface area contributed by atoms with Gasteiger partial charge in [-0.1, -0.05) is 64.5 Å². The summed E-state index contributed by atoms with van der Waals surface area (Å²) < 4.78 is 32.6. The molecule has 0 aliphatic rings. The minimum atomic E-state index is -0.433. The van der Waals surface area contributed by atoms with E-state index in [0.717, 1.165) is 10.0 Å². The van der Waals surface area contributed by atoms with Crippen molar-refractivity contribution in [3.63, 3.8) is 0 Å². The van der Waals surface area contributed by atoms with Crippen LogP contribution >= 0.6 is 31.9 Å². The number of amides is 1. The molecule has 1 N–H and O–H groups in total. The van der Waals surface area contributed by atoms with Crippen molar-refractivity contribution in [2.75, 3.05) is 7.11 Å². The third-order valence-electron chi connectivity index (χ3n) is 5.40. The molecule has 0 bridgehead atoms. The number of hydrazone groups is 1. The van der Waals surface area contributed by atoms with Crippen molar-refractivity contribution in [3.8, 4) is 17.2 Å². The van der Waals surface area contributed by atoms with Gasteiger partial charge in [0.25, 0.3) is 5.91 Å². The molecule has 0 unspecified atom stereocenters. The van der Waals surface area contributed by atoms with Gasteiger partial charge in [-0.2, -0.15) is 5.10 Å². The summed E-state index contributed by atoms with van der Waals surface area (Å²) in [5.41, 5.74) is 4.87. The molecule has 0 aliphatic carbocycles. The molecule has 0 spiro atoms. The molecule has 4 rings (SSSR count). The summed E-state index contributed by atoms with van der Waals surface area (Å²) in [5, 5.41) is 4.09. The third-order valence-corrected chi connectivity index (χ3v) is 6.45. The lowest BCUT2D eigenvalue weighted by molar-refractivity contribution is 0.0954. The lowest BCUT2D eigenvalue weighted by Gasteiger charge is -2.13. The number of halogens is 3. The second-order valence-electron chi connectivity index (χ2n) is 8.03. The van der Waals surface area contributed by atoms with Gasteiger partial charge in [0, 0.05) is 21.2 Å². The van der Waals surface area contributed by atoms with Crippen molar-refractivity contribution >= 4 is 44.0 Å². The Bertz CT molecular complexity index is 1450. The quantitative estimate of drug-likeness (QED) is 0.146. The Kier molecular flexibility index (Phi) is 9.51. The van der Waals surface area contributed by atoms with Gasteiger partial charge in [-0.25, -0.2) is 9.82 Å². The molecule has 9 heteroatoms. The SMILES string of the molecule is COc1cc(C(=O)N/N=C/c2cc(Br)cc(Br)c2OCc2ccccc2F)ccc1OCc1ccccc1. The van der Waals surface area contributed by atoms with E-state index in [2.05, 4.69) is 42.4 Å². The fraction of sp³-hybridized carbons (Fsp3) is 0.103. The van der Waals surface area contributed by atoms with E-state index < -0.39 is 5.91 Å². The van der Waals surface area contributed by atoms with Crippen LogP contribution in [0.2, 0.25) is 0 Å². The molecule has 0 aromatic heterocycles. The predicted octanol–water partition coefficient (Wildman–Crippen LogP) is 7.28. The van der Waals surface area contributed by atoms with Crippen molar-refractivity contribution in [2.24, 2.45) is 5.10 Å². The number of hydrogen-bond acceptors (Lipinski definition) is 5. The van der Waals surface area contributed by atoms with Crippen molar-refractivity contribution in [2.45, 2.75) is 13.2 Å². The number of rotatable bonds is 10. The van der Waals surface area contributed by atoms with Crippen LogP contribution < -0.4 is 19.6 Å². The summed E-state index contributed by atoms with van der Waals surface area (Å²) >= 11 is 6.92. The summed E-state index contributed by atoms with van der Waals surface area (Å²) in [4.78, 5) is 12.7. The second-order valence-corrected chi connectivity index (χ2v) is 9.80. The molecule has 0 fully saturated rings. The van der Waals surface area contributed by atoms with Crippen LogP contribution in [0.1, 0.15) is 27.0 Å². The molecule has 0 atom stereocenters. The Labute approximate surface area is 236 Å². The maximum Gasteiger partial charge on any atom is 0.271 e. The Balaban J connectivity index is 1.44. The van der Waals surface area contributed by atoms with Crippen molar-refractivity contribution < 1.29 is 23.4 Å². The molecular formula is C29H23Br2FN2O4. The summed E-state index contributed by atoms with van der Waals surface area (Å²) in [7, 11) is 1.51. The molecule has 4 aromatic rings. The zero-order chi connectivity index (χ0) is 26.9. The first-order chi connectivity index (χ1) is 18.4. The van der Waals surface area contributed by atoms with E-state index in [-0.39, 0.29) is 12.4 Å². The van der Waals surface area contributed by atoms with Crippen LogP contribution in [0.4, 0.5) is 4.39 Å². The number of nitrogens with zero attached hydrogens (tertiary/aromatic N) is 1. The Morgan fingerprint density at radius 1 is 0.921 bits per heavy atom. The monoisotopic (exact) mass is 640 g/mol. The zero-order valence-electron chi connectivity index (χ0n) is 20.3. The Morgan fingerprint density at radius 3 is 2.45 bits per heavy atom. The highest BCUT2D eigenvalue weighted by atomic mass is 79.9. The lowest BCUT2D eigenvalue weighted by atomic mass is 10.2. The first kappa shape index (κ1) is 27.3. The van der Waals surface area contributed by atoms with Gasteiger partial charge in [-0.3, -0.25) is 4.79 Å². The number of hydrogen-bond donors (Lipinski definition) is 1. The average Bonchev–Trinajstić information content (AvgIpc) is 2.92. The number of carbonyl (C=O) groups excluding carboxylic acids is 1. The first-order valence-corrected chi connectivity index (χ1v) is 13.1. The Hall–Kier alpha value is -3.69. The van der Waals surface area contributed by atoms with Crippen molar-refractivity contribution in [3.05, 3.63) is 122 Å². The smallest absolute Gasteiger partial charge is 0.271 e. The number of methoxy groups -OCH3 is 1. The molecular weight excluding hydrogens is 619 g/mol. The van der Waals surface area contributed by atoms with Gasteiger partial charge in [0.1, 0.15) is 24.8 Å². The van der Waals surface area contributed by atoms with Crippen LogP contribution in [-0.2, 0) is 13.2 Å². The normalized spacial score (nSPS) is 10.8. The fourth-order valence-corrected chi connectivity index (χ4v) is 4.85. The van der Waals surface area contributed by atoms with Crippen LogP contribution in [0.15, 0.2) is 99.0 Å². The molecule has 194 valence electrons. The van der Waals surface area contributed by atoms with E-state index in [1.807, 2.05) is 30.3 Å². The summed E-state index contributed by atoms with van der Waals surface area (Å²) in [5.74, 6) is 0.618. The highest BCUT2D eigenvalue weighted by Crippen LogP contribution is 2.33. The predicted molar refractivity (Wildman–Crippen MR) is 151 cm³/mol. The van der Waals surface area contributed by atoms with Gasteiger partial charge in [0.15, 0.2) is 11.5 Å². The molecule has 0 saturated heterocycles. The molecule has 0 heterocycles. The standard InChI is InChI=1S/C29H23Br2FN2O4/c1-36-27-14-20(11-12-26(27)37-17-19-7-3-2-4-8-19)29(35)34-33-16-22-13-23(30)15-24(31)28(22)38-18-21-9-5-6-10-25(21)32/h2-16H,17-18H2,1H3,(H,34,35)/b33-16+. The minimum Gasteiger partial charge on any atom is -0.493 e. The number of ether oxygens (including phenoxy) is 3. The molecule has 0 radical (unpaired) electrons. The van der Waals surface area contributed by atoms with Crippen LogP contribution in [0, 0.1) is 5.82 Å². The van der Waals surface area contributed by atoms with E-state index >= 15 is 0 Å². The van der Waals surface area contributed by atoms with Crippen molar-refractivity contribution in [1.82, 2.24) is 5.43 Å². The van der Waals surface area contributed by atoms with E-state index in [1.54, 1.807) is 48.5 Å². The van der Waals surface area contributed by atoms with Gasteiger partial charge in [0.2, 0.25) is 0 Å². The van der Waals surface area contributed by atoms with Crippen LogP contribution in [0.25, 0.3) is 0 Å². The molecule has 4 aromatic carbocycles. The minimum absolute atomic E-state index is 0.0264. The summed E-state index contributed by atoms with van der Waals surface area (Å²) in [6.45, 7) is 0.398. The fourth-order valence-electron chi connectivity index (χ4n) is 3.48.